The minimum atomic E-state index is -1.29. The molecule has 0 aliphatic carbocycles. The van der Waals surface area contributed by atoms with Crippen LogP contribution in [0.2, 0.25) is 0 Å². The van der Waals surface area contributed by atoms with Crippen molar-refractivity contribution < 1.29 is 49.0 Å². The summed E-state index contributed by atoms with van der Waals surface area (Å²) in [5, 5.41) is 14.2. The van der Waals surface area contributed by atoms with Crippen LogP contribution in [-0.2, 0) is 4.79 Å². The van der Waals surface area contributed by atoms with E-state index in [1.54, 1.807) is 18.5 Å². The van der Waals surface area contributed by atoms with Gasteiger partial charge >= 0.3 is 29.6 Å². The van der Waals surface area contributed by atoms with E-state index in [1.807, 2.05) is 67.8 Å². The number of ether oxygens (including phenoxy) is 1. The van der Waals surface area contributed by atoms with E-state index in [9.17, 15) is 14.7 Å². The fourth-order valence-corrected chi connectivity index (χ4v) is 4.20. The van der Waals surface area contributed by atoms with Crippen LogP contribution in [0.3, 0.4) is 0 Å². The second-order valence-electron chi connectivity index (χ2n) is 8.34. The number of amides is 1. The van der Waals surface area contributed by atoms with E-state index in [0.717, 1.165) is 40.0 Å². The molecule has 1 amide bonds. The van der Waals surface area contributed by atoms with Crippen LogP contribution in [0, 0.1) is 6.92 Å². The van der Waals surface area contributed by atoms with Crippen LogP contribution in [0.5, 0.6) is 5.75 Å². The molecule has 3 aromatic rings. The predicted molar refractivity (Wildman–Crippen MR) is 145 cm³/mol. The Bertz CT molecular complexity index is 1230. The van der Waals surface area contributed by atoms with Gasteiger partial charge in [-0.3, -0.25) is 9.78 Å². The smallest absolute Gasteiger partial charge is 0.548 e. The van der Waals surface area contributed by atoms with Gasteiger partial charge in [-0.2, -0.15) is 11.8 Å². The molecule has 0 aliphatic rings. The summed E-state index contributed by atoms with van der Waals surface area (Å²) < 4.78 is 5.82. The molecule has 1 heterocycles. The molecule has 1 N–H and O–H groups in total. The molecule has 0 aliphatic heterocycles. The third-order valence-corrected chi connectivity index (χ3v) is 6.30. The molecular formula is C29H31N2NaO4S. The SMILES string of the molecule is CCCOc1ccncc1C=Cc1ccc(C(=O)N[C@@H](CCSC)C(=O)[O-])c(-c2ccccc2C)c1.[Na+]. The summed E-state index contributed by atoms with van der Waals surface area (Å²) in [6.45, 7) is 4.66. The largest absolute Gasteiger partial charge is 1.00 e. The summed E-state index contributed by atoms with van der Waals surface area (Å²) in [4.78, 5) is 29.0. The first-order chi connectivity index (χ1) is 17.4. The minimum Gasteiger partial charge on any atom is -0.548 e. The average Bonchev–Trinajstić information content (AvgIpc) is 2.89. The first kappa shape index (κ1) is 30.6. The number of pyridine rings is 1. The van der Waals surface area contributed by atoms with Gasteiger partial charge < -0.3 is 20.0 Å². The number of hydrogen-bond donors (Lipinski definition) is 1. The maximum atomic E-state index is 13.2. The van der Waals surface area contributed by atoms with E-state index in [1.165, 1.54) is 11.8 Å². The number of aryl methyl sites for hydroxylation is 1. The van der Waals surface area contributed by atoms with Crippen molar-refractivity contribution in [2.24, 2.45) is 0 Å². The van der Waals surface area contributed by atoms with Crippen molar-refractivity contribution in [2.45, 2.75) is 32.7 Å². The normalized spacial score (nSPS) is 11.5. The second-order valence-corrected chi connectivity index (χ2v) is 9.33. The fourth-order valence-electron chi connectivity index (χ4n) is 3.73. The van der Waals surface area contributed by atoms with Gasteiger partial charge in [-0.05, 0) is 78.3 Å². The number of carbonyl (C=O) groups is 2. The first-order valence-electron chi connectivity index (χ1n) is 11.9. The van der Waals surface area contributed by atoms with Crippen LogP contribution in [0.4, 0.5) is 0 Å². The third-order valence-electron chi connectivity index (χ3n) is 5.65. The quantitative estimate of drug-likeness (QED) is 0.361. The Hall–Kier alpha value is -2.58. The summed E-state index contributed by atoms with van der Waals surface area (Å²) in [7, 11) is 0. The number of nitrogens with one attached hydrogen (secondary N) is 1. The maximum absolute atomic E-state index is 13.2. The van der Waals surface area contributed by atoms with Gasteiger partial charge in [-0.1, -0.05) is 43.3 Å². The van der Waals surface area contributed by atoms with Crippen LogP contribution in [0.25, 0.3) is 23.3 Å². The molecule has 0 radical (unpaired) electrons. The van der Waals surface area contributed by atoms with E-state index in [4.69, 9.17) is 4.74 Å². The van der Waals surface area contributed by atoms with Crippen LogP contribution in [0.15, 0.2) is 60.9 Å². The summed E-state index contributed by atoms with van der Waals surface area (Å²) in [6, 6.07) is 14.1. The first-order valence-corrected chi connectivity index (χ1v) is 13.3. The molecule has 37 heavy (non-hydrogen) atoms. The summed E-state index contributed by atoms with van der Waals surface area (Å²) in [5.74, 6) is -0.364. The summed E-state index contributed by atoms with van der Waals surface area (Å²) in [5.41, 5.74) is 4.78. The molecule has 2 aromatic carbocycles. The number of carboxylic acid groups (broad SMARTS) is 1. The van der Waals surface area contributed by atoms with Gasteiger partial charge in [0.25, 0.3) is 5.91 Å². The zero-order chi connectivity index (χ0) is 25.9. The summed E-state index contributed by atoms with van der Waals surface area (Å²) in [6.07, 6.45) is 10.4. The molecule has 0 saturated carbocycles. The topological polar surface area (TPSA) is 91.3 Å². The van der Waals surface area contributed by atoms with Crippen molar-refractivity contribution >= 4 is 35.8 Å². The maximum Gasteiger partial charge on any atom is 1.00 e. The molecule has 3 rings (SSSR count). The van der Waals surface area contributed by atoms with Crippen LogP contribution >= 0.6 is 11.8 Å². The van der Waals surface area contributed by atoms with Crippen LogP contribution in [0.1, 0.15) is 46.8 Å². The fraction of sp³-hybridized carbons (Fsp3) is 0.276. The van der Waals surface area contributed by atoms with E-state index in [2.05, 4.69) is 17.2 Å². The number of carboxylic acids is 1. The molecule has 0 spiro atoms. The van der Waals surface area contributed by atoms with Crippen LogP contribution in [-0.4, -0.2) is 41.5 Å². The van der Waals surface area contributed by atoms with Crippen molar-refractivity contribution in [1.29, 1.82) is 0 Å². The number of aliphatic carboxylic acids is 1. The van der Waals surface area contributed by atoms with Gasteiger partial charge in [0.15, 0.2) is 0 Å². The average molecular weight is 527 g/mol. The van der Waals surface area contributed by atoms with Crippen molar-refractivity contribution in [2.75, 3.05) is 18.6 Å². The van der Waals surface area contributed by atoms with Crippen molar-refractivity contribution in [1.82, 2.24) is 10.3 Å². The molecule has 1 aromatic heterocycles. The molecule has 0 saturated heterocycles. The van der Waals surface area contributed by atoms with Gasteiger partial charge in [0.1, 0.15) is 5.75 Å². The zero-order valence-electron chi connectivity index (χ0n) is 21.8. The standard InChI is InChI=1S/C29H32N2O4S.Na/c1-4-16-35-27-13-15-30-19-22(27)11-9-21-10-12-24(25(18-21)23-8-6-5-7-20(23)2)28(32)31-26(29(33)34)14-17-36-3;/h5-13,15,18-19,26H,4,14,16-17H2,1-3H3,(H,31,32)(H,33,34);/q;+1/p-1/t26-;/m0./s1. The Morgan fingerprint density at radius 1 is 1.14 bits per heavy atom. The number of aromatic nitrogens is 1. The molecular weight excluding hydrogens is 495 g/mol. The van der Waals surface area contributed by atoms with Gasteiger partial charge in [-0.25, -0.2) is 0 Å². The zero-order valence-corrected chi connectivity index (χ0v) is 24.6. The molecule has 0 unspecified atom stereocenters. The van der Waals surface area contributed by atoms with Gasteiger partial charge in [-0.15, -0.1) is 0 Å². The number of rotatable bonds is 12. The number of carbonyl (C=O) groups excluding carboxylic acids is 2. The summed E-state index contributed by atoms with van der Waals surface area (Å²) >= 11 is 1.52. The number of benzene rings is 2. The number of nitrogens with zero attached hydrogens (tertiary/aromatic N) is 1. The Labute approximate surface area is 245 Å². The number of thioether (sulfide) groups is 1. The Balaban J connectivity index is 0.00000481. The molecule has 8 heteroatoms. The van der Waals surface area contributed by atoms with E-state index < -0.39 is 17.9 Å². The van der Waals surface area contributed by atoms with Gasteiger partial charge in [0, 0.05) is 23.5 Å². The van der Waals surface area contributed by atoms with Gasteiger partial charge in [0.05, 0.1) is 18.6 Å². The van der Waals surface area contributed by atoms with E-state index in [0.29, 0.717) is 24.3 Å². The van der Waals surface area contributed by atoms with Gasteiger partial charge in [0.2, 0.25) is 0 Å². The molecule has 0 fully saturated rings. The molecule has 1 atom stereocenters. The van der Waals surface area contributed by atoms with Crippen LogP contribution < -0.4 is 44.7 Å². The number of hydrogen-bond acceptors (Lipinski definition) is 6. The minimum absolute atomic E-state index is 0. The molecule has 188 valence electrons. The van der Waals surface area contributed by atoms with E-state index >= 15 is 0 Å². The van der Waals surface area contributed by atoms with E-state index in [-0.39, 0.29) is 29.6 Å². The Morgan fingerprint density at radius 3 is 2.62 bits per heavy atom. The third kappa shape index (κ3) is 8.75. The van der Waals surface area contributed by atoms with Crippen molar-refractivity contribution in [3.05, 3.63) is 83.2 Å². The van der Waals surface area contributed by atoms with Crippen molar-refractivity contribution in [3.63, 3.8) is 0 Å². The predicted octanol–water partition coefficient (Wildman–Crippen LogP) is 1.62. The Kier molecular flexibility index (Phi) is 12.9. The van der Waals surface area contributed by atoms with Crippen molar-refractivity contribution in [3.8, 4) is 16.9 Å². The molecule has 6 nitrogen and oxygen atoms in total. The molecule has 0 bridgehead atoms. The second kappa shape index (κ2) is 15.6. The Morgan fingerprint density at radius 2 is 1.92 bits per heavy atom. The monoisotopic (exact) mass is 526 g/mol.